The van der Waals surface area contributed by atoms with Crippen LogP contribution in [-0.4, -0.2) is 31.8 Å². The summed E-state index contributed by atoms with van der Waals surface area (Å²) in [5.41, 5.74) is 2.19. The Morgan fingerprint density at radius 1 is 1.23 bits per heavy atom. The molecule has 1 fully saturated rings. The molecular weight excluding hydrogens is 330 g/mol. The fourth-order valence-corrected chi connectivity index (χ4v) is 3.16. The molecule has 3 aromatic rings. The Morgan fingerprint density at radius 3 is 3.00 bits per heavy atom. The molecular formula is C18H19N7O. The quantitative estimate of drug-likeness (QED) is 0.737. The van der Waals surface area contributed by atoms with Crippen molar-refractivity contribution in [2.45, 2.75) is 25.3 Å². The van der Waals surface area contributed by atoms with Crippen molar-refractivity contribution in [3.63, 3.8) is 0 Å². The van der Waals surface area contributed by atoms with Crippen LogP contribution in [0.3, 0.4) is 0 Å². The maximum Gasteiger partial charge on any atom is 0.214 e. The van der Waals surface area contributed by atoms with Crippen molar-refractivity contribution in [3.8, 4) is 5.88 Å². The van der Waals surface area contributed by atoms with E-state index in [1.807, 2.05) is 29.1 Å². The number of hydrogen-bond acceptors (Lipinski definition) is 6. The fraction of sp³-hybridized carbons (Fsp3) is 0.278. The zero-order chi connectivity index (χ0) is 17.5. The SMILES string of the molecule is COc1cc(N2C=C(Nc3cc(C4CC4)[nH]n3)n3ccnc3C2)ccn1. The highest BCUT2D eigenvalue weighted by molar-refractivity contribution is 5.68. The lowest BCUT2D eigenvalue weighted by Gasteiger charge is -2.28. The van der Waals surface area contributed by atoms with Gasteiger partial charge in [-0.05, 0) is 18.9 Å². The van der Waals surface area contributed by atoms with Crippen LogP contribution in [0.5, 0.6) is 5.88 Å². The normalized spacial score (nSPS) is 16.2. The minimum Gasteiger partial charge on any atom is -0.481 e. The van der Waals surface area contributed by atoms with Gasteiger partial charge in [0.1, 0.15) is 11.6 Å². The zero-order valence-electron chi connectivity index (χ0n) is 14.4. The third-order valence-corrected chi connectivity index (χ3v) is 4.70. The second-order valence-corrected chi connectivity index (χ2v) is 6.52. The summed E-state index contributed by atoms with van der Waals surface area (Å²) < 4.78 is 7.29. The fourth-order valence-electron chi connectivity index (χ4n) is 3.16. The van der Waals surface area contributed by atoms with Crippen molar-refractivity contribution in [2.75, 3.05) is 17.3 Å². The molecule has 8 nitrogen and oxygen atoms in total. The lowest BCUT2D eigenvalue weighted by Crippen LogP contribution is -2.27. The van der Waals surface area contributed by atoms with Crippen LogP contribution in [0, 0.1) is 0 Å². The number of methoxy groups -OCH3 is 1. The van der Waals surface area contributed by atoms with E-state index < -0.39 is 0 Å². The Labute approximate surface area is 150 Å². The lowest BCUT2D eigenvalue weighted by molar-refractivity contribution is 0.398. The number of aromatic amines is 1. The van der Waals surface area contributed by atoms with Gasteiger partial charge in [-0.3, -0.25) is 9.67 Å². The van der Waals surface area contributed by atoms with E-state index in [1.165, 1.54) is 18.5 Å². The van der Waals surface area contributed by atoms with E-state index in [2.05, 4.69) is 42.6 Å². The van der Waals surface area contributed by atoms with Crippen molar-refractivity contribution >= 4 is 17.3 Å². The summed E-state index contributed by atoms with van der Waals surface area (Å²) in [4.78, 5) is 10.8. The van der Waals surface area contributed by atoms with E-state index >= 15 is 0 Å². The highest BCUT2D eigenvalue weighted by atomic mass is 16.5. The summed E-state index contributed by atoms with van der Waals surface area (Å²) in [5, 5.41) is 10.9. The number of hydrogen-bond donors (Lipinski definition) is 2. The van der Waals surface area contributed by atoms with Crippen molar-refractivity contribution in [1.82, 2.24) is 24.7 Å². The third kappa shape index (κ3) is 2.69. The number of H-pyrrole nitrogens is 1. The van der Waals surface area contributed by atoms with Gasteiger partial charge in [0.2, 0.25) is 5.88 Å². The Balaban J connectivity index is 1.47. The van der Waals surface area contributed by atoms with Crippen LogP contribution in [0.2, 0.25) is 0 Å². The number of nitrogens with zero attached hydrogens (tertiary/aromatic N) is 5. The molecule has 3 aromatic heterocycles. The Bertz CT molecular complexity index is 969. The van der Waals surface area contributed by atoms with Crippen LogP contribution in [0.4, 0.5) is 11.5 Å². The minimum absolute atomic E-state index is 0.584. The van der Waals surface area contributed by atoms with E-state index in [4.69, 9.17) is 4.74 Å². The van der Waals surface area contributed by atoms with Crippen LogP contribution in [0.25, 0.3) is 5.82 Å². The molecule has 0 atom stereocenters. The summed E-state index contributed by atoms with van der Waals surface area (Å²) in [6.07, 6.45) is 10.0. The van der Waals surface area contributed by atoms with E-state index in [1.54, 1.807) is 13.3 Å². The Kier molecular flexibility index (Phi) is 3.41. The molecule has 0 spiro atoms. The molecule has 0 bridgehead atoms. The van der Waals surface area contributed by atoms with Gasteiger partial charge in [0, 0.05) is 54.2 Å². The third-order valence-electron chi connectivity index (χ3n) is 4.70. The summed E-state index contributed by atoms with van der Waals surface area (Å²) in [6, 6.07) is 5.95. The number of nitrogens with one attached hydrogen (secondary N) is 2. The van der Waals surface area contributed by atoms with Crippen molar-refractivity contribution in [3.05, 3.63) is 54.5 Å². The molecule has 132 valence electrons. The molecule has 0 amide bonds. The molecule has 0 unspecified atom stereocenters. The van der Waals surface area contributed by atoms with Gasteiger partial charge in [-0.1, -0.05) is 0 Å². The highest BCUT2D eigenvalue weighted by Crippen LogP contribution is 2.39. The monoisotopic (exact) mass is 349 g/mol. The molecule has 8 heteroatoms. The maximum atomic E-state index is 5.24. The van der Waals surface area contributed by atoms with Gasteiger partial charge >= 0.3 is 0 Å². The number of imidazole rings is 1. The minimum atomic E-state index is 0.584. The average molecular weight is 349 g/mol. The van der Waals surface area contributed by atoms with E-state index in [9.17, 15) is 0 Å². The van der Waals surface area contributed by atoms with Gasteiger partial charge in [-0.2, -0.15) is 5.10 Å². The van der Waals surface area contributed by atoms with Crippen molar-refractivity contribution in [2.24, 2.45) is 0 Å². The standard InChI is InChI=1S/C18H19N7O/c1-26-18-8-13(4-5-20-18)24-10-16-19-6-7-25(16)17(11-24)21-15-9-14(22-23-15)12-2-3-12/h4-9,11-12H,2-3,10H2,1H3,(H2,21,22,23). The van der Waals surface area contributed by atoms with Crippen LogP contribution in [0.15, 0.2) is 43.0 Å². The van der Waals surface area contributed by atoms with Gasteiger partial charge < -0.3 is 15.0 Å². The van der Waals surface area contributed by atoms with Crippen LogP contribution < -0.4 is 15.0 Å². The first-order valence-corrected chi connectivity index (χ1v) is 8.63. The first kappa shape index (κ1) is 15.0. The van der Waals surface area contributed by atoms with Gasteiger partial charge in [0.15, 0.2) is 5.82 Å². The van der Waals surface area contributed by atoms with Crippen molar-refractivity contribution in [1.29, 1.82) is 0 Å². The smallest absolute Gasteiger partial charge is 0.214 e. The molecule has 1 aliphatic heterocycles. The molecule has 0 aromatic carbocycles. The number of anilines is 2. The number of fused-ring (bicyclic) bond motifs is 1. The molecule has 0 radical (unpaired) electrons. The van der Waals surface area contributed by atoms with E-state index in [0.717, 1.165) is 23.2 Å². The Morgan fingerprint density at radius 2 is 2.15 bits per heavy atom. The molecule has 4 heterocycles. The molecule has 26 heavy (non-hydrogen) atoms. The van der Waals surface area contributed by atoms with Gasteiger partial charge in [-0.15, -0.1) is 0 Å². The molecule has 5 rings (SSSR count). The summed E-state index contributed by atoms with van der Waals surface area (Å²) in [6.45, 7) is 0.666. The Hall–Kier alpha value is -3.29. The first-order valence-electron chi connectivity index (χ1n) is 8.63. The van der Waals surface area contributed by atoms with Gasteiger partial charge in [0.05, 0.1) is 13.7 Å². The van der Waals surface area contributed by atoms with E-state index in [-0.39, 0.29) is 0 Å². The number of rotatable bonds is 5. The molecule has 0 saturated heterocycles. The average Bonchev–Trinajstić information content (AvgIpc) is 3.23. The van der Waals surface area contributed by atoms with Crippen LogP contribution >= 0.6 is 0 Å². The van der Waals surface area contributed by atoms with Crippen LogP contribution in [0.1, 0.15) is 30.3 Å². The lowest BCUT2D eigenvalue weighted by atomic mass is 10.3. The number of pyridine rings is 1. The summed E-state index contributed by atoms with van der Waals surface area (Å²) in [7, 11) is 1.62. The number of aromatic nitrogens is 5. The number of ether oxygens (including phenoxy) is 1. The van der Waals surface area contributed by atoms with Gasteiger partial charge in [-0.25, -0.2) is 9.97 Å². The van der Waals surface area contributed by atoms with Gasteiger partial charge in [0.25, 0.3) is 0 Å². The first-order chi connectivity index (χ1) is 12.8. The second-order valence-electron chi connectivity index (χ2n) is 6.52. The van der Waals surface area contributed by atoms with E-state index in [0.29, 0.717) is 18.3 Å². The molecule has 1 saturated carbocycles. The zero-order valence-corrected chi connectivity index (χ0v) is 14.4. The highest BCUT2D eigenvalue weighted by Gasteiger charge is 2.26. The predicted molar refractivity (Wildman–Crippen MR) is 97.7 cm³/mol. The summed E-state index contributed by atoms with van der Waals surface area (Å²) >= 11 is 0. The molecule has 1 aliphatic carbocycles. The molecule has 2 N–H and O–H groups in total. The summed E-state index contributed by atoms with van der Waals surface area (Å²) in [5.74, 6) is 3.88. The van der Waals surface area contributed by atoms with Crippen molar-refractivity contribution < 1.29 is 4.74 Å². The largest absolute Gasteiger partial charge is 0.481 e. The maximum absolute atomic E-state index is 5.24. The molecule has 2 aliphatic rings. The second kappa shape index (κ2) is 5.91. The van der Waals surface area contributed by atoms with Crippen LogP contribution in [-0.2, 0) is 6.54 Å². The predicted octanol–water partition coefficient (Wildman–Crippen LogP) is 2.78. The topological polar surface area (TPSA) is 83.9 Å².